The van der Waals surface area contributed by atoms with Gasteiger partial charge >= 0.3 is 0 Å². The minimum atomic E-state index is 0.109. The van der Waals surface area contributed by atoms with Gasteiger partial charge in [0.05, 0.1) is 6.04 Å². The molecule has 0 spiro atoms. The SMILES string of the molecule is Cc1nccn1[C@H]1C[C@H]2CN(Cc3cccnc3)C[C@H]2C[C@@H]1Oc1ccccn1. The highest BCUT2D eigenvalue weighted by Crippen LogP contribution is 2.43. The molecule has 3 aromatic heterocycles. The third-order valence-corrected chi connectivity index (χ3v) is 6.42. The zero-order valence-corrected chi connectivity index (χ0v) is 16.8. The van der Waals surface area contributed by atoms with Gasteiger partial charge in [-0.2, -0.15) is 0 Å². The summed E-state index contributed by atoms with van der Waals surface area (Å²) in [6.45, 7) is 5.31. The van der Waals surface area contributed by atoms with Crippen LogP contribution >= 0.6 is 0 Å². The predicted octanol–water partition coefficient (Wildman–Crippen LogP) is 3.51. The molecule has 0 unspecified atom stereocenters. The van der Waals surface area contributed by atoms with Gasteiger partial charge in [0.15, 0.2) is 0 Å². The summed E-state index contributed by atoms with van der Waals surface area (Å²) in [6.07, 6.45) is 11.9. The van der Waals surface area contributed by atoms with E-state index < -0.39 is 0 Å². The first-order valence-corrected chi connectivity index (χ1v) is 10.4. The molecule has 0 amide bonds. The molecule has 4 atom stereocenters. The van der Waals surface area contributed by atoms with Crippen LogP contribution in [0, 0.1) is 18.8 Å². The Hall–Kier alpha value is -2.73. The number of fused-ring (bicyclic) bond motifs is 1. The van der Waals surface area contributed by atoms with E-state index in [1.54, 1.807) is 6.20 Å². The molecule has 0 radical (unpaired) electrons. The van der Waals surface area contributed by atoms with E-state index in [1.807, 2.05) is 42.9 Å². The maximum absolute atomic E-state index is 6.42. The fraction of sp³-hybridized carbons (Fsp3) is 0.435. The van der Waals surface area contributed by atoms with Crippen LogP contribution in [0.25, 0.3) is 0 Å². The number of aromatic nitrogens is 4. The lowest BCUT2D eigenvalue weighted by molar-refractivity contribution is 0.0504. The summed E-state index contributed by atoms with van der Waals surface area (Å²) in [4.78, 5) is 15.7. The molecular weight excluding hydrogens is 362 g/mol. The number of likely N-dealkylation sites (tertiary alicyclic amines) is 1. The van der Waals surface area contributed by atoms with Gasteiger partial charge in [0.25, 0.3) is 0 Å². The normalized spacial score (nSPS) is 26.9. The van der Waals surface area contributed by atoms with E-state index in [0.29, 0.717) is 23.8 Å². The predicted molar refractivity (Wildman–Crippen MR) is 110 cm³/mol. The number of aryl methyl sites for hydroxylation is 1. The standard InChI is InChI=1S/C23H27N5O/c1-17-25-9-10-28(17)21-11-19-15-27(14-18-5-4-7-24-13-18)16-20(19)12-22(21)29-23-6-2-3-8-26-23/h2-10,13,19-22H,11-12,14-16H2,1H3/t19-,20+,21-,22-/m0/s1. The topological polar surface area (TPSA) is 56.1 Å². The number of pyridine rings is 2. The molecule has 1 aliphatic heterocycles. The van der Waals surface area contributed by atoms with Gasteiger partial charge in [0.1, 0.15) is 11.9 Å². The fourth-order valence-electron chi connectivity index (χ4n) is 5.10. The first-order chi connectivity index (χ1) is 14.3. The second kappa shape index (κ2) is 7.95. The molecule has 29 heavy (non-hydrogen) atoms. The van der Waals surface area contributed by atoms with Crippen molar-refractivity contribution in [3.63, 3.8) is 0 Å². The van der Waals surface area contributed by atoms with Crippen LogP contribution in [0.4, 0.5) is 0 Å². The Labute approximate surface area is 171 Å². The maximum Gasteiger partial charge on any atom is 0.213 e. The molecule has 3 aromatic rings. The number of hydrogen-bond acceptors (Lipinski definition) is 5. The fourth-order valence-corrected chi connectivity index (χ4v) is 5.10. The highest BCUT2D eigenvalue weighted by molar-refractivity contribution is 5.12. The minimum Gasteiger partial charge on any atom is -0.472 e. The number of nitrogens with zero attached hydrogens (tertiary/aromatic N) is 5. The van der Waals surface area contributed by atoms with Gasteiger partial charge in [-0.15, -0.1) is 0 Å². The largest absolute Gasteiger partial charge is 0.472 e. The molecule has 5 rings (SSSR count). The van der Waals surface area contributed by atoms with Crippen molar-refractivity contribution in [2.45, 2.75) is 38.5 Å². The Bertz CT molecular complexity index is 929. The summed E-state index contributed by atoms with van der Waals surface area (Å²) in [7, 11) is 0. The van der Waals surface area contributed by atoms with Gasteiger partial charge in [0, 0.05) is 56.7 Å². The minimum absolute atomic E-state index is 0.109. The molecule has 1 saturated carbocycles. The highest BCUT2D eigenvalue weighted by Gasteiger charge is 2.44. The van der Waals surface area contributed by atoms with Crippen LogP contribution < -0.4 is 4.74 Å². The van der Waals surface area contributed by atoms with Gasteiger partial charge in [-0.1, -0.05) is 12.1 Å². The van der Waals surface area contributed by atoms with Crippen LogP contribution in [0.15, 0.2) is 61.3 Å². The van der Waals surface area contributed by atoms with E-state index in [-0.39, 0.29) is 6.10 Å². The number of rotatable bonds is 5. The molecule has 6 nitrogen and oxygen atoms in total. The van der Waals surface area contributed by atoms with Crippen molar-refractivity contribution in [3.05, 3.63) is 72.7 Å². The molecule has 1 aliphatic carbocycles. The molecule has 0 N–H and O–H groups in total. The molecule has 2 fully saturated rings. The summed E-state index contributed by atoms with van der Waals surface area (Å²) in [6, 6.07) is 10.3. The Morgan fingerprint density at radius 2 is 1.90 bits per heavy atom. The third-order valence-electron chi connectivity index (χ3n) is 6.42. The Morgan fingerprint density at radius 3 is 2.62 bits per heavy atom. The van der Waals surface area contributed by atoms with Crippen LogP contribution in [0.5, 0.6) is 5.88 Å². The van der Waals surface area contributed by atoms with Gasteiger partial charge in [-0.25, -0.2) is 9.97 Å². The van der Waals surface area contributed by atoms with Crippen molar-refractivity contribution in [2.24, 2.45) is 11.8 Å². The van der Waals surface area contributed by atoms with E-state index in [9.17, 15) is 0 Å². The first kappa shape index (κ1) is 18.3. The summed E-state index contributed by atoms with van der Waals surface area (Å²) in [5.74, 6) is 3.10. The maximum atomic E-state index is 6.42. The van der Waals surface area contributed by atoms with Crippen LogP contribution in [-0.2, 0) is 6.54 Å². The van der Waals surface area contributed by atoms with E-state index in [4.69, 9.17) is 4.74 Å². The van der Waals surface area contributed by atoms with Crippen molar-refractivity contribution >= 4 is 0 Å². The van der Waals surface area contributed by atoms with Crippen molar-refractivity contribution in [2.75, 3.05) is 13.1 Å². The van der Waals surface area contributed by atoms with Gasteiger partial charge in [0.2, 0.25) is 5.88 Å². The zero-order chi connectivity index (χ0) is 19.6. The van der Waals surface area contributed by atoms with Gasteiger partial charge in [-0.3, -0.25) is 9.88 Å². The number of imidazole rings is 1. The second-order valence-corrected chi connectivity index (χ2v) is 8.32. The lowest BCUT2D eigenvalue weighted by Gasteiger charge is -2.38. The molecule has 1 saturated heterocycles. The van der Waals surface area contributed by atoms with Crippen molar-refractivity contribution in [1.29, 1.82) is 0 Å². The van der Waals surface area contributed by atoms with E-state index in [1.165, 1.54) is 5.56 Å². The molecular formula is C23H27N5O. The third kappa shape index (κ3) is 3.90. The lowest BCUT2D eigenvalue weighted by Crippen LogP contribution is -2.40. The summed E-state index contributed by atoms with van der Waals surface area (Å²) in [5.41, 5.74) is 1.29. The quantitative estimate of drug-likeness (QED) is 0.668. The summed E-state index contributed by atoms with van der Waals surface area (Å²) in [5, 5.41) is 0. The molecule has 4 heterocycles. The van der Waals surface area contributed by atoms with Crippen molar-refractivity contribution < 1.29 is 4.74 Å². The van der Waals surface area contributed by atoms with Crippen LogP contribution in [0.1, 0.15) is 30.3 Å². The lowest BCUT2D eigenvalue weighted by atomic mass is 9.77. The van der Waals surface area contributed by atoms with E-state index in [2.05, 4.69) is 43.6 Å². The molecule has 0 aromatic carbocycles. The Kier molecular flexibility index (Phi) is 5.02. The average molecular weight is 390 g/mol. The molecule has 2 aliphatic rings. The zero-order valence-electron chi connectivity index (χ0n) is 16.8. The van der Waals surface area contributed by atoms with Gasteiger partial charge in [-0.05, 0) is 49.3 Å². The molecule has 0 bridgehead atoms. The van der Waals surface area contributed by atoms with Crippen molar-refractivity contribution in [3.8, 4) is 5.88 Å². The van der Waals surface area contributed by atoms with Crippen molar-refractivity contribution in [1.82, 2.24) is 24.4 Å². The average Bonchev–Trinajstić information content (AvgIpc) is 3.34. The summed E-state index contributed by atoms with van der Waals surface area (Å²) < 4.78 is 8.72. The van der Waals surface area contributed by atoms with E-state index in [0.717, 1.165) is 38.3 Å². The Morgan fingerprint density at radius 1 is 1.00 bits per heavy atom. The van der Waals surface area contributed by atoms with Crippen LogP contribution in [0.2, 0.25) is 0 Å². The molecule has 6 heteroatoms. The smallest absolute Gasteiger partial charge is 0.213 e. The summed E-state index contributed by atoms with van der Waals surface area (Å²) >= 11 is 0. The molecule has 150 valence electrons. The van der Waals surface area contributed by atoms with Gasteiger partial charge < -0.3 is 9.30 Å². The Balaban J connectivity index is 1.35. The van der Waals surface area contributed by atoms with Crippen LogP contribution in [-0.4, -0.2) is 43.6 Å². The van der Waals surface area contributed by atoms with E-state index >= 15 is 0 Å². The monoisotopic (exact) mass is 389 g/mol. The van der Waals surface area contributed by atoms with Crippen LogP contribution in [0.3, 0.4) is 0 Å². The number of hydrogen-bond donors (Lipinski definition) is 0. The highest BCUT2D eigenvalue weighted by atomic mass is 16.5. The second-order valence-electron chi connectivity index (χ2n) is 8.32. The first-order valence-electron chi connectivity index (χ1n) is 10.4. The number of ether oxygens (including phenoxy) is 1.